The highest BCUT2D eigenvalue weighted by molar-refractivity contribution is 7.89. The van der Waals surface area contributed by atoms with E-state index in [1.54, 1.807) is 6.07 Å². The van der Waals surface area contributed by atoms with Gasteiger partial charge in [0.15, 0.2) is 6.10 Å². The van der Waals surface area contributed by atoms with Crippen LogP contribution in [0.3, 0.4) is 0 Å². The number of benzene rings is 1. The van der Waals surface area contributed by atoms with Crippen LogP contribution in [-0.2, 0) is 46.9 Å². The Hall–Kier alpha value is -4.28. The summed E-state index contributed by atoms with van der Waals surface area (Å²) in [5.41, 5.74) is 2.03. The molecule has 1 aliphatic rings. The molecule has 0 bridgehead atoms. The molecule has 3 heterocycles. The fourth-order valence-corrected chi connectivity index (χ4v) is 7.19. The summed E-state index contributed by atoms with van der Waals surface area (Å²) in [4.78, 5) is 64.3. The van der Waals surface area contributed by atoms with Gasteiger partial charge in [0, 0.05) is 45.5 Å². The maximum Gasteiger partial charge on any atom is 0.308 e. The smallest absolute Gasteiger partial charge is 0.308 e. The first-order chi connectivity index (χ1) is 25.4. The van der Waals surface area contributed by atoms with E-state index in [0.717, 1.165) is 24.8 Å². The summed E-state index contributed by atoms with van der Waals surface area (Å²) in [6, 6.07) is 4.57. The minimum absolute atomic E-state index is 0. The number of carbonyl (C=O) groups is 1. The molecule has 0 saturated carbocycles. The first kappa shape index (κ1) is 46.9. The van der Waals surface area contributed by atoms with Crippen LogP contribution in [0.15, 0.2) is 34.1 Å². The fourth-order valence-electron chi connectivity index (χ4n) is 5.74. The molecule has 3 aromatic rings. The summed E-state index contributed by atoms with van der Waals surface area (Å²) in [7, 11) is -3.95. The van der Waals surface area contributed by atoms with Crippen molar-refractivity contribution in [3.8, 4) is 17.1 Å². The first-order valence-electron chi connectivity index (χ1n) is 17.3. The Morgan fingerprint density at radius 2 is 1.73 bits per heavy atom. The molecule has 23 heteroatoms. The third-order valence-electron chi connectivity index (χ3n) is 8.32. The average Bonchev–Trinajstić information content (AvgIpc) is 3.49. The van der Waals surface area contributed by atoms with E-state index >= 15 is 0 Å². The summed E-state index contributed by atoms with van der Waals surface area (Å²) in [5.74, 6) is 0.0286. The van der Waals surface area contributed by atoms with Gasteiger partial charge in [0.2, 0.25) is 10.0 Å². The Morgan fingerprint density at radius 1 is 1.00 bits per heavy atom. The van der Waals surface area contributed by atoms with Gasteiger partial charge in [0.05, 0.1) is 42.2 Å². The largest absolute Gasteiger partial charge is 0.493 e. The highest BCUT2D eigenvalue weighted by atomic mass is 35.5. The Bertz CT molecular complexity index is 1900. The number of aryl methyl sites for hydroxylation is 2. The monoisotopic (exact) mass is 839 g/mol. The lowest BCUT2D eigenvalue weighted by molar-refractivity contribution is -0.790. The number of aromatic amines is 1. The van der Waals surface area contributed by atoms with E-state index in [4.69, 9.17) is 19.2 Å². The van der Waals surface area contributed by atoms with Gasteiger partial charge in [-0.15, -0.1) is 45.0 Å². The molecule has 4 rings (SSSR count). The van der Waals surface area contributed by atoms with E-state index in [2.05, 4.69) is 14.7 Å². The molecule has 0 amide bonds. The summed E-state index contributed by atoms with van der Waals surface area (Å²) in [6.45, 7) is 7.14. The maximum absolute atomic E-state index is 13.9. The number of hydrogen-bond donors (Lipinski definition) is 1. The second kappa shape index (κ2) is 22.3. The summed E-state index contributed by atoms with van der Waals surface area (Å²) < 4.78 is 47.3. The minimum Gasteiger partial charge on any atom is -0.493 e. The number of halogens is 2. The number of esters is 1. The van der Waals surface area contributed by atoms with Gasteiger partial charge in [-0.05, 0) is 43.5 Å². The lowest BCUT2D eigenvalue weighted by Gasteiger charge is -2.33. The van der Waals surface area contributed by atoms with Crippen molar-refractivity contribution in [3.05, 3.63) is 60.5 Å². The average molecular weight is 841 g/mol. The Labute approximate surface area is 329 Å². The fraction of sp³-hybridized carbons (Fsp3) is 0.594. The molecule has 0 radical (unpaired) electrons. The van der Waals surface area contributed by atoms with Crippen molar-refractivity contribution in [2.75, 3.05) is 65.8 Å². The van der Waals surface area contributed by atoms with E-state index in [1.807, 2.05) is 36.4 Å². The maximum atomic E-state index is 13.9. The van der Waals surface area contributed by atoms with E-state index in [-0.39, 0.29) is 73.8 Å². The van der Waals surface area contributed by atoms with Crippen LogP contribution in [0.4, 0.5) is 0 Å². The molecule has 1 unspecified atom stereocenters. The van der Waals surface area contributed by atoms with Crippen molar-refractivity contribution < 1.29 is 47.3 Å². The molecule has 1 aliphatic heterocycles. The van der Waals surface area contributed by atoms with Crippen LogP contribution in [0.25, 0.3) is 22.4 Å². The highest BCUT2D eigenvalue weighted by Gasteiger charge is 2.30. The lowest BCUT2D eigenvalue weighted by Crippen LogP contribution is -2.49. The van der Waals surface area contributed by atoms with Gasteiger partial charge in [0.25, 0.3) is 15.7 Å². The van der Waals surface area contributed by atoms with Crippen molar-refractivity contribution >= 4 is 51.8 Å². The molecule has 2 aromatic heterocycles. The predicted molar refractivity (Wildman–Crippen MR) is 202 cm³/mol. The summed E-state index contributed by atoms with van der Waals surface area (Å²) in [5, 5.41) is 18.6. The number of carbonyl (C=O) groups excluding carboxylic acids is 1. The number of fused-ring (bicyclic) bond motifs is 1. The molecule has 55 heavy (non-hydrogen) atoms. The third-order valence-corrected chi connectivity index (χ3v) is 10.2. The quantitative estimate of drug-likeness (QED) is 0.0662. The molecule has 0 aliphatic carbocycles. The SMILES string of the molecule is CCCOc1ccc(S(=O)(=O)N2CCN(CCOC(=O)CCOCC(CO[N+](=O)[O-])O[N+](=O)[O-])CC2)cc1-c1nc2c(CCC)cn(CC)c2c(=O)[nH]1.Cl.Cl. The molecule has 0 spiro atoms. The Balaban J connectivity index is 0.00000523. The third kappa shape index (κ3) is 12.9. The highest BCUT2D eigenvalue weighted by Crippen LogP contribution is 2.33. The lowest BCUT2D eigenvalue weighted by atomic mass is 10.1. The molecular weight excluding hydrogens is 793 g/mol. The minimum atomic E-state index is -3.95. The van der Waals surface area contributed by atoms with Crippen molar-refractivity contribution in [1.29, 1.82) is 0 Å². The first-order valence-corrected chi connectivity index (χ1v) is 18.7. The predicted octanol–water partition coefficient (Wildman–Crippen LogP) is 3.04. The van der Waals surface area contributed by atoms with Gasteiger partial charge in [-0.2, -0.15) is 4.31 Å². The van der Waals surface area contributed by atoms with E-state index in [0.29, 0.717) is 55.1 Å². The van der Waals surface area contributed by atoms with Crippen molar-refractivity contribution in [2.24, 2.45) is 0 Å². The topological polar surface area (TPSA) is 241 Å². The zero-order chi connectivity index (χ0) is 38.5. The van der Waals surface area contributed by atoms with Gasteiger partial charge < -0.3 is 33.4 Å². The van der Waals surface area contributed by atoms with Crippen LogP contribution < -0.4 is 10.3 Å². The number of H-pyrrole nitrogens is 1. The van der Waals surface area contributed by atoms with E-state index in [1.165, 1.54) is 16.4 Å². The number of hydrogen-bond acceptors (Lipinski definition) is 15. The number of sulfonamides is 1. The van der Waals surface area contributed by atoms with Crippen LogP contribution in [0.2, 0.25) is 0 Å². The molecule has 20 nitrogen and oxygen atoms in total. The van der Waals surface area contributed by atoms with Crippen LogP contribution in [0.5, 0.6) is 5.75 Å². The van der Waals surface area contributed by atoms with Gasteiger partial charge in [-0.3, -0.25) is 14.5 Å². The standard InChI is InChI=1S/C32H45N7O13S.2ClH/c1-4-7-23-20-36(6-3)30-29(23)33-31(34-32(30)41)26-19-25(8-9-27(26)49-16-5-2)53(46,47)37-13-11-35(12-14-37)15-18-50-28(40)10-17-48-21-24(52-39(44)45)22-51-38(42)43;;/h8-9,19-20,24H,4-7,10-18,21-22H2,1-3H3,(H,33,34,41);2*1H. The summed E-state index contributed by atoms with van der Waals surface area (Å²) >= 11 is 0. The molecule has 1 fully saturated rings. The number of piperazine rings is 1. The molecule has 308 valence electrons. The van der Waals surface area contributed by atoms with Crippen molar-refractivity contribution in [2.45, 2.75) is 64.0 Å². The number of nitrogens with zero attached hydrogens (tertiary/aromatic N) is 6. The molecular formula is C32H47Cl2N7O13S. The van der Waals surface area contributed by atoms with Crippen LogP contribution >= 0.6 is 24.8 Å². The van der Waals surface area contributed by atoms with Crippen molar-refractivity contribution in [1.82, 2.24) is 23.7 Å². The Kier molecular flexibility index (Phi) is 19.0. The molecule has 1 saturated heterocycles. The second-order valence-electron chi connectivity index (χ2n) is 12.1. The Morgan fingerprint density at radius 3 is 2.36 bits per heavy atom. The molecule has 1 atom stereocenters. The second-order valence-corrected chi connectivity index (χ2v) is 14.0. The van der Waals surface area contributed by atoms with Gasteiger partial charge in [-0.1, -0.05) is 20.3 Å². The zero-order valence-electron chi connectivity index (χ0n) is 30.7. The van der Waals surface area contributed by atoms with E-state index in [9.17, 15) is 38.2 Å². The van der Waals surface area contributed by atoms with Crippen LogP contribution in [0.1, 0.15) is 45.6 Å². The summed E-state index contributed by atoms with van der Waals surface area (Å²) in [6.07, 6.45) is 2.72. The van der Waals surface area contributed by atoms with Gasteiger partial charge in [-0.25, -0.2) is 13.4 Å². The molecule has 1 N–H and O–H groups in total. The number of ether oxygens (including phenoxy) is 3. The number of rotatable bonds is 22. The number of nitrogens with one attached hydrogen (secondary N) is 1. The number of aromatic nitrogens is 3. The van der Waals surface area contributed by atoms with Crippen LogP contribution in [-0.4, -0.2) is 120 Å². The molecule has 1 aromatic carbocycles. The van der Waals surface area contributed by atoms with Gasteiger partial charge in [0.1, 0.15) is 30.3 Å². The zero-order valence-corrected chi connectivity index (χ0v) is 33.2. The normalized spacial score (nSPS) is 14.0. The van der Waals surface area contributed by atoms with Crippen molar-refractivity contribution in [3.63, 3.8) is 0 Å². The van der Waals surface area contributed by atoms with Gasteiger partial charge >= 0.3 is 5.97 Å². The van der Waals surface area contributed by atoms with Crippen LogP contribution in [0, 0.1) is 20.2 Å². The van der Waals surface area contributed by atoms with E-state index < -0.39 is 45.5 Å².